The minimum Gasteiger partial charge on any atom is -0.378 e. The van der Waals surface area contributed by atoms with Crippen molar-refractivity contribution in [3.8, 4) is 0 Å². The number of morpholine rings is 1. The fourth-order valence-corrected chi connectivity index (χ4v) is 2.88. The number of amides is 3. The number of urea groups is 1. The Morgan fingerprint density at radius 3 is 2.52 bits per heavy atom. The number of nitrogens with one attached hydrogen (secondary N) is 1. The summed E-state index contributed by atoms with van der Waals surface area (Å²) in [6, 6.07) is 1.08. The third-order valence-corrected chi connectivity index (χ3v) is 4.40. The molecular formula is C16H22FN5O3. The summed E-state index contributed by atoms with van der Waals surface area (Å²) >= 11 is 0. The van der Waals surface area contributed by atoms with Crippen LogP contribution in [-0.4, -0.2) is 90.6 Å². The lowest BCUT2D eigenvalue weighted by Crippen LogP contribution is -2.53. The molecule has 136 valence electrons. The van der Waals surface area contributed by atoms with Crippen LogP contribution in [0.1, 0.15) is 0 Å². The Morgan fingerprint density at radius 2 is 1.84 bits per heavy atom. The quantitative estimate of drug-likeness (QED) is 0.843. The molecule has 0 saturated carbocycles. The highest BCUT2D eigenvalue weighted by Crippen LogP contribution is 2.13. The van der Waals surface area contributed by atoms with Gasteiger partial charge in [0.25, 0.3) is 0 Å². The van der Waals surface area contributed by atoms with E-state index in [0.29, 0.717) is 59.0 Å². The molecule has 0 radical (unpaired) electrons. The molecule has 25 heavy (non-hydrogen) atoms. The summed E-state index contributed by atoms with van der Waals surface area (Å²) in [6.07, 6.45) is 2.48. The van der Waals surface area contributed by atoms with Crippen LogP contribution in [0.25, 0.3) is 0 Å². The van der Waals surface area contributed by atoms with Crippen molar-refractivity contribution in [2.24, 2.45) is 0 Å². The summed E-state index contributed by atoms with van der Waals surface area (Å²) in [6.45, 7) is 5.02. The Kier molecular flexibility index (Phi) is 5.77. The molecule has 0 spiro atoms. The van der Waals surface area contributed by atoms with Gasteiger partial charge in [-0.3, -0.25) is 14.7 Å². The molecule has 2 fully saturated rings. The Bertz CT molecular complexity index is 616. The van der Waals surface area contributed by atoms with Crippen molar-refractivity contribution in [3.05, 3.63) is 24.3 Å². The molecule has 9 heteroatoms. The van der Waals surface area contributed by atoms with Crippen LogP contribution in [0.15, 0.2) is 18.5 Å². The van der Waals surface area contributed by atoms with Crippen LogP contribution in [0, 0.1) is 5.82 Å². The van der Waals surface area contributed by atoms with Crippen LogP contribution in [0.2, 0.25) is 0 Å². The van der Waals surface area contributed by atoms with Gasteiger partial charge in [0.05, 0.1) is 31.6 Å². The Hall–Kier alpha value is -2.26. The molecule has 0 bridgehead atoms. The number of piperazine rings is 1. The molecular weight excluding hydrogens is 329 g/mol. The van der Waals surface area contributed by atoms with E-state index < -0.39 is 5.82 Å². The number of halogens is 1. The largest absolute Gasteiger partial charge is 0.378 e. The Labute approximate surface area is 145 Å². The molecule has 0 unspecified atom stereocenters. The van der Waals surface area contributed by atoms with E-state index in [2.05, 4.69) is 10.3 Å². The van der Waals surface area contributed by atoms with Crippen molar-refractivity contribution in [3.63, 3.8) is 0 Å². The maximum atomic E-state index is 13.5. The molecule has 3 heterocycles. The van der Waals surface area contributed by atoms with E-state index in [1.54, 1.807) is 4.90 Å². The fourth-order valence-electron chi connectivity index (χ4n) is 2.88. The first kappa shape index (κ1) is 17.6. The van der Waals surface area contributed by atoms with Crippen molar-refractivity contribution in [1.29, 1.82) is 0 Å². The van der Waals surface area contributed by atoms with E-state index in [4.69, 9.17) is 4.74 Å². The van der Waals surface area contributed by atoms with Crippen molar-refractivity contribution < 1.29 is 18.7 Å². The zero-order valence-electron chi connectivity index (χ0n) is 14.0. The highest BCUT2D eigenvalue weighted by Gasteiger charge is 2.25. The number of ether oxygens (including phenoxy) is 1. The smallest absolute Gasteiger partial charge is 0.322 e. The lowest BCUT2D eigenvalue weighted by molar-refractivity contribution is -0.136. The number of hydrogen-bond donors (Lipinski definition) is 1. The molecule has 2 saturated heterocycles. The topological polar surface area (TPSA) is 78.0 Å². The van der Waals surface area contributed by atoms with E-state index in [1.165, 1.54) is 12.3 Å². The Balaban J connectivity index is 1.44. The molecule has 1 aromatic rings. The van der Waals surface area contributed by atoms with E-state index in [9.17, 15) is 14.0 Å². The molecule has 3 amide bonds. The van der Waals surface area contributed by atoms with Crippen LogP contribution in [-0.2, 0) is 9.53 Å². The maximum absolute atomic E-state index is 13.5. The maximum Gasteiger partial charge on any atom is 0.322 e. The second-order valence-corrected chi connectivity index (χ2v) is 6.04. The van der Waals surface area contributed by atoms with Crippen LogP contribution < -0.4 is 5.32 Å². The molecule has 2 aliphatic heterocycles. The third kappa shape index (κ3) is 4.64. The van der Waals surface area contributed by atoms with Gasteiger partial charge in [-0.25, -0.2) is 9.18 Å². The minimum absolute atomic E-state index is 0.0973. The molecule has 1 N–H and O–H groups in total. The summed E-state index contributed by atoms with van der Waals surface area (Å²) in [5.74, 6) is -0.467. The van der Waals surface area contributed by atoms with E-state index in [-0.39, 0.29) is 17.6 Å². The second kappa shape index (κ2) is 8.21. The van der Waals surface area contributed by atoms with Crippen LogP contribution >= 0.6 is 0 Å². The van der Waals surface area contributed by atoms with Gasteiger partial charge < -0.3 is 19.9 Å². The van der Waals surface area contributed by atoms with Crippen molar-refractivity contribution in [1.82, 2.24) is 19.7 Å². The number of nitrogens with zero attached hydrogens (tertiary/aromatic N) is 4. The highest BCUT2D eigenvalue weighted by atomic mass is 19.1. The van der Waals surface area contributed by atoms with Gasteiger partial charge in [-0.05, 0) is 6.07 Å². The number of carbonyl (C=O) groups excluding carboxylic acids is 2. The van der Waals surface area contributed by atoms with Crippen LogP contribution in [0.3, 0.4) is 0 Å². The van der Waals surface area contributed by atoms with Gasteiger partial charge >= 0.3 is 6.03 Å². The van der Waals surface area contributed by atoms with Gasteiger partial charge in [-0.1, -0.05) is 0 Å². The summed E-state index contributed by atoms with van der Waals surface area (Å²) in [5, 5.41) is 2.55. The van der Waals surface area contributed by atoms with E-state index >= 15 is 0 Å². The SMILES string of the molecule is O=C(CN1CCN(C(=O)Nc2ccncc2F)CC1)N1CCOCC1. The zero-order chi connectivity index (χ0) is 17.6. The standard InChI is InChI=1S/C16H22FN5O3/c17-13-11-18-2-1-14(13)19-16(24)22-5-3-20(4-6-22)12-15(23)21-7-9-25-10-8-21/h1-2,11H,3-10,12H2,(H,18,19,24). The predicted molar refractivity (Wildman–Crippen MR) is 88.6 cm³/mol. The highest BCUT2D eigenvalue weighted by molar-refractivity contribution is 5.89. The molecule has 8 nitrogen and oxygen atoms in total. The third-order valence-electron chi connectivity index (χ3n) is 4.40. The number of anilines is 1. The zero-order valence-corrected chi connectivity index (χ0v) is 14.0. The molecule has 0 atom stereocenters. The van der Waals surface area contributed by atoms with Crippen LogP contribution in [0.5, 0.6) is 0 Å². The summed E-state index contributed by atoms with van der Waals surface area (Å²) < 4.78 is 18.8. The predicted octanol–water partition coefficient (Wildman–Crippen LogP) is 0.229. The van der Waals surface area contributed by atoms with E-state index in [0.717, 1.165) is 6.20 Å². The number of rotatable bonds is 3. The fraction of sp³-hybridized carbons (Fsp3) is 0.562. The number of aromatic nitrogens is 1. The molecule has 2 aliphatic rings. The van der Waals surface area contributed by atoms with Gasteiger partial charge in [0.1, 0.15) is 0 Å². The first-order valence-corrected chi connectivity index (χ1v) is 8.37. The lowest BCUT2D eigenvalue weighted by atomic mass is 10.3. The first-order chi connectivity index (χ1) is 12.1. The Morgan fingerprint density at radius 1 is 1.12 bits per heavy atom. The number of hydrogen-bond acceptors (Lipinski definition) is 5. The monoisotopic (exact) mass is 351 g/mol. The average molecular weight is 351 g/mol. The number of carbonyl (C=O) groups is 2. The minimum atomic E-state index is -0.564. The first-order valence-electron chi connectivity index (χ1n) is 8.37. The average Bonchev–Trinajstić information content (AvgIpc) is 2.65. The summed E-state index contributed by atoms with van der Waals surface area (Å²) in [7, 11) is 0. The normalized spacial score (nSPS) is 18.9. The molecule has 0 aliphatic carbocycles. The summed E-state index contributed by atoms with van der Waals surface area (Å²) in [5.41, 5.74) is 0.116. The van der Waals surface area contributed by atoms with Crippen molar-refractivity contribution in [2.75, 3.05) is 64.3 Å². The molecule has 1 aromatic heterocycles. The van der Waals surface area contributed by atoms with Gasteiger partial charge in [-0.2, -0.15) is 0 Å². The second-order valence-electron chi connectivity index (χ2n) is 6.04. The van der Waals surface area contributed by atoms with E-state index in [1.807, 2.05) is 9.80 Å². The van der Waals surface area contributed by atoms with Gasteiger partial charge in [0.2, 0.25) is 5.91 Å². The molecule has 0 aromatic carbocycles. The lowest BCUT2D eigenvalue weighted by Gasteiger charge is -2.36. The van der Waals surface area contributed by atoms with Gasteiger partial charge in [0, 0.05) is 45.5 Å². The van der Waals surface area contributed by atoms with Gasteiger partial charge in [-0.15, -0.1) is 0 Å². The van der Waals surface area contributed by atoms with Gasteiger partial charge in [0.15, 0.2) is 5.82 Å². The van der Waals surface area contributed by atoms with Crippen molar-refractivity contribution >= 4 is 17.6 Å². The molecule has 3 rings (SSSR count). The van der Waals surface area contributed by atoms with Crippen LogP contribution in [0.4, 0.5) is 14.9 Å². The van der Waals surface area contributed by atoms with Crippen molar-refractivity contribution in [2.45, 2.75) is 0 Å². The summed E-state index contributed by atoms with van der Waals surface area (Å²) in [4.78, 5) is 33.6. The number of pyridine rings is 1.